The van der Waals surface area contributed by atoms with Gasteiger partial charge in [-0.2, -0.15) is 0 Å². The van der Waals surface area contributed by atoms with Crippen LogP contribution in [0.25, 0.3) is 21.3 Å². The van der Waals surface area contributed by atoms with Crippen LogP contribution in [0.4, 0.5) is 0 Å². The summed E-state index contributed by atoms with van der Waals surface area (Å²) in [4.78, 5) is 31.1. The molecule has 0 aliphatic carbocycles. The minimum atomic E-state index is -3.90. The molecule has 3 aromatic rings. The van der Waals surface area contributed by atoms with E-state index in [0.29, 0.717) is 22.3 Å². The third kappa shape index (κ3) is 6.87. The van der Waals surface area contributed by atoms with E-state index in [9.17, 15) is 26.4 Å². The molecule has 0 saturated heterocycles. The normalized spacial score (nSPS) is 12.9. The molecule has 0 spiro atoms. The number of benzene rings is 2. The van der Waals surface area contributed by atoms with Gasteiger partial charge in [-0.25, -0.2) is 27.0 Å². The van der Waals surface area contributed by atoms with Crippen molar-refractivity contribution in [2.45, 2.75) is 18.6 Å². The molecule has 0 bridgehead atoms. The molecule has 0 aliphatic rings. The lowest BCUT2D eigenvalue weighted by Crippen LogP contribution is -2.37. The number of carbonyl (C=O) groups excluding carboxylic acids is 2. The first-order valence-corrected chi connectivity index (χ1v) is 15.5. The summed E-state index contributed by atoms with van der Waals surface area (Å²) >= 11 is 1.07. The summed E-state index contributed by atoms with van der Waals surface area (Å²) in [6.07, 6.45) is 1.80. The Morgan fingerprint density at radius 2 is 1.72 bits per heavy atom. The number of rotatable bonds is 10. The molecule has 1 unspecified atom stereocenters. The van der Waals surface area contributed by atoms with Gasteiger partial charge in [-0.1, -0.05) is 25.1 Å². The first-order chi connectivity index (χ1) is 16.8. The first-order valence-electron chi connectivity index (χ1n) is 11.0. The molecule has 3 N–H and O–H groups in total. The van der Waals surface area contributed by atoms with E-state index in [1.165, 1.54) is 0 Å². The molecule has 0 aliphatic heterocycles. The number of nitrogens with two attached hydrogens (primary N) is 1. The predicted molar refractivity (Wildman–Crippen MR) is 141 cm³/mol. The van der Waals surface area contributed by atoms with Crippen molar-refractivity contribution in [2.24, 2.45) is 5.14 Å². The van der Waals surface area contributed by atoms with Gasteiger partial charge in [0.05, 0.1) is 16.0 Å². The number of sulfone groups is 1. The van der Waals surface area contributed by atoms with Gasteiger partial charge in [-0.3, -0.25) is 9.59 Å². The Balaban J connectivity index is 1.87. The van der Waals surface area contributed by atoms with Crippen molar-refractivity contribution in [3.63, 3.8) is 0 Å². The molecule has 13 heteroatoms. The Morgan fingerprint density at radius 3 is 2.31 bits per heavy atom. The Labute approximate surface area is 214 Å². The molecular weight excluding hydrogens is 524 g/mol. The van der Waals surface area contributed by atoms with Gasteiger partial charge in [0.15, 0.2) is 15.1 Å². The summed E-state index contributed by atoms with van der Waals surface area (Å²) in [5.41, 5.74) is 2.81. The van der Waals surface area contributed by atoms with E-state index in [4.69, 9.17) is 5.14 Å². The second-order valence-corrected chi connectivity index (χ2v) is 13.3. The summed E-state index contributed by atoms with van der Waals surface area (Å²) in [5, 5.41) is 5.75. The largest absolute Gasteiger partial charge is 0.354 e. The van der Waals surface area contributed by atoms with Crippen molar-refractivity contribution in [3.8, 4) is 11.1 Å². The third-order valence-electron chi connectivity index (χ3n) is 5.35. The highest BCUT2D eigenvalue weighted by Gasteiger charge is 2.34. The molecule has 1 aromatic heterocycles. The summed E-state index contributed by atoms with van der Waals surface area (Å²) in [6, 6.07) is 12.6. The number of carbonyl (C=O) groups is 2. The first kappa shape index (κ1) is 27.7. The minimum Gasteiger partial charge on any atom is -0.354 e. The highest BCUT2D eigenvalue weighted by atomic mass is 32.2. The van der Waals surface area contributed by atoms with Crippen LogP contribution < -0.4 is 10.5 Å². The molecule has 1 heterocycles. The van der Waals surface area contributed by atoms with E-state index in [2.05, 4.69) is 10.3 Å². The van der Waals surface area contributed by atoms with Crippen LogP contribution in [0.2, 0.25) is 0 Å². The molecule has 3 rings (SSSR count). The lowest BCUT2D eigenvalue weighted by Gasteiger charge is -2.16. The Morgan fingerprint density at radius 1 is 1.08 bits per heavy atom. The maximum atomic E-state index is 12.6. The second-order valence-electron chi connectivity index (χ2n) is 8.41. The zero-order valence-corrected chi connectivity index (χ0v) is 22.5. The minimum absolute atomic E-state index is 0.0555. The summed E-state index contributed by atoms with van der Waals surface area (Å²) < 4.78 is 47.7. The standard InChI is InChI=1S/C23H28N4O6S3/c1-4-12-27(2)23(29)16-7-5-15(6-8-16)17-9-10-18-19(14-17)34-22(26-18)20(35(3,30)31)21(28)25-11-13-36(24,32)33/h5-10,14,20H,4,11-13H2,1-3H3,(H,25,28)(H2,24,32,33). The summed E-state index contributed by atoms with van der Waals surface area (Å²) in [5.74, 6) is -1.44. The van der Waals surface area contributed by atoms with E-state index in [0.717, 1.165) is 35.1 Å². The van der Waals surface area contributed by atoms with Gasteiger partial charge in [-0.05, 0) is 41.8 Å². The van der Waals surface area contributed by atoms with Gasteiger partial charge >= 0.3 is 0 Å². The average Bonchev–Trinajstić information content (AvgIpc) is 3.19. The molecular formula is C23H28N4O6S3. The van der Waals surface area contributed by atoms with Crippen molar-refractivity contribution in [1.29, 1.82) is 0 Å². The van der Waals surface area contributed by atoms with Gasteiger partial charge in [-0.15, -0.1) is 11.3 Å². The predicted octanol–water partition coefficient (Wildman–Crippen LogP) is 1.94. The highest BCUT2D eigenvalue weighted by Crippen LogP contribution is 2.33. The number of hydrogen-bond acceptors (Lipinski definition) is 8. The molecule has 1 atom stereocenters. The molecule has 10 nitrogen and oxygen atoms in total. The number of hydrogen-bond donors (Lipinski definition) is 2. The zero-order chi connectivity index (χ0) is 26.7. The van der Waals surface area contributed by atoms with Crippen molar-refractivity contribution < 1.29 is 26.4 Å². The van der Waals surface area contributed by atoms with E-state index >= 15 is 0 Å². The van der Waals surface area contributed by atoms with Crippen molar-refractivity contribution in [2.75, 3.05) is 32.1 Å². The Bertz CT molecular complexity index is 1480. The fourth-order valence-electron chi connectivity index (χ4n) is 3.60. The maximum Gasteiger partial charge on any atom is 0.253 e. The molecule has 36 heavy (non-hydrogen) atoms. The van der Waals surface area contributed by atoms with Crippen molar-refractivity contribution in [1.82, 2.24) is 15.2 Å². The molecule has 0 fully saturated rings. The number of nitrogens with one attached hydrogen (secondary N) is 1. The quantitative estimate of drug-likeness (QED) is 0.389. The monoisotopic (exact) mass is 552 g/mol. The number of sulfonamides is 1. The van der Waals surface area contributed by atoms with Gasteiger partial charge in [0.25, 0.3) is 5.91 Å². The highest BCUT2D eigenvalue weighted by molar-refractivity contribution is 7.91. The number of primary sulfonamides is 1. The molecule has 0 radical (unpaired) electrons. The van der Waals surface area contributed by atoms with Crippen LogP contribution in [0, 0.1) is 0 Å². The Hall–Kier alpha value is -2.87. The van der Waals surface area contributed by atoms with Crippen LogP contribution in [-0.4, -0.2) is 70.7 Å². The smallest absolute Gasteiger partial charge is 0.253 e. The lowest BCUT2D eigenvalue weighted by molar-refractivity contribution is -0.120. The number of nitrogens with zero attached hydrogens (tertiary/aromatic N) is 2. The number of amides is 2. The van der Waals surface area contributed by atoms with Gasteiger partial charge in [0.2, 0.25) is 15.9 Å². The molecule has 2 amide bonds. The van der Waals surface area contributed by atoms with E-state index < -0.39 is 36.8 Å². The summed E-state index contributed by atoms with van der Waals surface area (Å²) in [6.45, 7) is 2.36. The fraction of sp³-hybridized carbons (Fsp3) is 0.348. The van der Waals surface area contributed by atoms with Crippen LogP contribution >= 0.6 is 11.3 Å². The van der Waals surface area contributed by atoms with Crippen LogP contribution in [-0.2, 0) is 24.7 Å². The van der Waals surface area contributed by atoms with E-state index in [1.807, 2.05) is 31.2 Å². The van der Waals surface area contributed by atoms with E-state index in [-0.39, 0.29) is 17.5 Å². The second kappa shape index (κ2) is 11.0. The van der Waals surface area contributed by atoms with Gasteiger partial charge in [0.1, 0.15) is 5.01 Å². The number of thiazole rings is 1. The fourth-order valence-corrected chi connectivity index (χ4v) is 6.53. The van der Waals surface area contributed by atoms with Crippen molar-refractivity contribution >= 4 is 53.2 Å². The SMILES string of the molecule is CCCN(C)C(=O)c1ccc(-c2ccc3nc(C(C(=O)NCCS(N)(=O)=O)S(C)(=O)=O)sc3c2)cc1. The van der Waals surface area contributed by atoms with Gasteiger partial charge < -0.3 is 10.2 Å². The number of fused-ring (bicyclic) bond motifs is 1. The van der Waals surface area contributed by atoms with Crippen LogP contribution in [0.5, 0.6) is 0 Å². The van der Waals surface area contributed by atoms with Crippen LogP contribution in [0.1, 0.15) is 34.0 Å². The van der Waals surface area contributed by atoms with Crippen LogP contribution in [0.15, 0.2) is 42.5 Å². The average molecular weight is 553 g/mol. The molecule has 2 aromatic carbocycles. The molecule has 194 valence electrons. The van der Waals surface area contributed by atoms with Crippen LogP contribution in [0.3, 0.4) is 0 Å². The molecule has 0 saturated carbocycles. The zero-order valence-electron chi connectivity index (χ0n) is 20.1. The maximum absolute atomic E-state index is 12.6. The lowest BCUT2D eigenvalue weighted by atomic mass is 10.0. The van der Waals surface area contributed by atoms with Crippen molar-refractivity contribution in [3.05, 3.63) is 53.0 Å². The Kier molecular flexibility index (Phi) is 8.49. The number of aromatic nitrogens is 1. The summed E-state index contributed by atoms with van der Waals surface area (Å²) in [7, 11) is -5.95. The van der Waals surface area contributed by atoms with E-state index in [1.54, 1.807) is 30.1 Å². The van der Waals surface area contributed by atoms with Gasteiger partial charge in [0, 0.05) is 32.0 Å². The topological polar surface area (TPSA) is 157 Å². The third-order valence-corrected chi connectivity index (χ3v) is 8.65.